The molecule has 0 bridgehead atoms. The average molecular weight is 483 g/mol. The molecule has 34 heavy (non-hydrogen) atoms. The molecule has 0 heterocycles. The van der Waals surface area contributed by atoms with Gasteiger partial charge in [0, 0.05) is 0 Å². The van der Waals surface area contributed by atoms with E-state index in [1.54, 1.807) is 0 Å². The lowest BCUT2D eigenvalue weighted by atomic mass is 9.82. The Morgan fingerprint density at radius 1 is 0.441 bits per heavy atom. The first-order valence-electron chi connectivity index (χ1n) is 14.9. The third kappa shape index (κ3) is 15.8. The monoisotopic (exact) mass is 482 g/mol. The van der Waals surface area contributed by atoms with Crippen LogP contribution < -0.4 is 0 Å². The van der Waals surface area contributed by atoms with Gasteiger partial charge in [0.25, 0.3) is 0 Å². The van der Waals surface area contributed by atoms with Crippen molar-refractivity contribution in [3.8, 4) is 0 Å². The number of ether oxygens (including phenoxy) is 2. The lowest BCUT2D eigenvalue weighted by Crippen LogP contribution is -2.41. The highest BCUT2D eigenvalue weighted by atomic mass is 16.6. The molecule has 0 aromatic heterocycles. The number of hydrogen-bond donors (Lipinski definition) is 0. The van der Waals surface area contributed by atoms with Crippen LogP contribution in [-0.4, -0.2) is 25.2 Å². The molecule has 0 saturated carbocycles. The maximum atomic E-state index is 12.7. The van der Waals surface area contributed by atoms with E-state index in [-0.39, 0.29) is 0 Å². The van der Waals surface area contributed by atoms with Crippen LogP contribution in [0.2, 0.25) is 0 Å². The zero-order chi connectivity index (χ0) is 25.3. The average Bonchev–Trinajstić information content (AvgIpc) is 2.84. The van der Waals surface area contributed by atoms with Crippen LogP contribution in [-0.2, 0) is 19.1 Å². The third-order valence-corrected chi connectivity index (χ3v) is 7.20. The van der Waals surface area contributed by atoms with Crippen LogP contribution in [0.3, 0.4) is 0 Å². The van der Waals surface area contributed by atoms with Gasteiger partial charge >= 0.3 is 11.9 Å². The molecule has 0 aliphatic carbocycles. The second-order valence-corrected chi connectivity index (χ2v) is 10.1. The van der Waals surface area contributed by atoms with Crippen LogP contribution in [0.1, 0.15) is 163 Å². The SMILES string of the molecule is CCCCCCCCCCCCCCCCCOC(=O)C(CC)(CC)C(=O)OCCCCCC. The minimum Gasteiger partial charge on any atom is -0.465 e. The molecule has 0 rings (SSSR count). The number of rotatable bonds is 25. The Hall–Kier alpha value is -1.06. The first-order chi connectivity index (χ1) is 16.6. The largest absolute Gasteiger partial charge is 0.465 e. The summed E-state index contributed by atoms with van der Waals surface area (Å²) in [4.78, 5) is 25.4. The van der Waals surface area contributed by atoms with Crippen molar-refractivity contribution in [1.82, 2.24) is 0 Å². The molecule has 202 valence electrons. The van der Waals surface area contributed by atoms with Crippen LogP contribution in [0.4, 0.5) is 0 Å². The summed E-state index contributed by atoms with van der Waals surface area (Å²) in [6.45, 7) is 8.97. The van der Waals surface area contributed by atoms with Crippen molar-refractivity contribution in [2.24, 2.45) is 5.41 Å². The topological polar surface area (TPSA) is 52.6 Å². The van der Waals surface area contributed by atoms with E-state index in [1.807, 2.05) is 13.8 Å². The van der Waals surface area contributed by atoms with Gasteiger partial charge in [-0.2, -0.15) is 0 Å². The molecule has 0 radical (unpaired) electrons. The molecular formula is C30H58O4. The molecule has 0 amide bonds. The normalized spacial score (nSPS) is 11.5. The fourth-order valence-corrected chi connectivity index (χ4v) is 4.52. The molecule has 0 fully saturated rings. The summed E-state index contributed by atoms with van der Waals surface area (Å²) in [7, 11) is 0. The van der Waals surface area contributed by atoms with Crippen LogP contribution in [0, 0.1) is 5.41 Å². The van der Waals surface area contributed by atoms with E-state index in [0.717, 1.165) is 38.5 Å². The van der Waals surface area contributed by atoms with E-state index in [2.05, 4.69) is 13.8 Å². The first-order valence-corrected chi connectivity index (χ1v) is 14.9. The predicted molar refractivity (Wildman–Crippen MR) is 144 cm³/mol. The second kappa shape index (κ2) is 23.7. The summed E-state index contributed by atoms with van der Waals surface area (Å²) in [5, 5.41) is 0. The van der Waals surface area contributed by atoms with Crippen molar-refractivity contribution >= 4 is 11.9 Å². The fourth-order valence-electron chi connectivity index (χ4n) is 4.52. The van der Waals surface area contributed by atoms with Gasteiger partial charge in [-0.25, -0.2) is 0 Å². The second-order valence-electron chi connectivity index (χ2n) is 10.1. The Morgan fingerprint density at radius 3 is 1.00 bits per heavy atom. The summed E-state index contributed by atoms with van der Waals surface area (Å²) in [6.07, 6.45) is 24.7. The quantitative estimate of drug-likeness (QED) is 0.0738. The summed E-state index contributed by atoms with van der Waals surface area (Å²) >= 11 is 0. The van der Waals surface area contributed by atoms with Gasteiger partial charge in [-0.05, 0) is 25.7 Å². The lowest BCUT2D eigenvalue weighted by Gasteiger charge is -2.27. The van der Waals surface area contributed by atoms with Crippen LogP contribution in [0.25, 0.3) is 0 Å². The smallest absolute Gasteiger partial charge is 0.323 e. The Morgan fingerprint density at radius 2 is 0.706 bits per heavy atom. The van der Waals surface area contributed by atoms with Crippen molar-refractivity contribution in [2.75, 3.05) is 13.2 Å². The molecule has 0 aromatic rings. The summed E-state index contributed by atoms with van der Waals surface area (Å²) in [5.74, 6) is -0.808. The van der Waals surface area contributed by atoms with Gasteiger partial charge in [0.05, 0.1) is 13.2 Å². The molecule has 0 atom stereocenters. The Kier molecular flexibility index (Phi) is 22.9. The number of carbonyl (C=O) groups excluding carboxylic acids is 2. The van der Waals surface area contributed by atoms with E-state index in [9.17, 15) is 9.59 Å². The maximum Gasteiger partial charge on any atom is 0.323 e. The van der Waals surface area contributed by atoms with Crippen molar-refractivity contribution < 1.29 is 19.1 Å². The zero-order valence-electron chi connectivity index (χ0n) is 23.4. The molecule has 0 unspecified atom stereocenters. The highest BCUT2D eigenvalue weighted by molar-refractivity contribution is 5.99. The first kappa shape index (κ1) is 32.9. The van der Waals surface area contributed by atoms with Gasteiger partial charge < -0.3 is 9.47 Å². The Labute approximate surface area is 212 Å². The van der Waals surface area contributed by atoms with Gasteiger partial charge in [-0.3, -0.25) is 9.59 Å². The number of carbonyl (C=O) groups is 2. The summed E-state index contributed by atoms with van der Waals surface area (Å²) < 4.78 is 11.0. The molecular weight excluding hydrogens is 424 g/mol. The van der Waals surface area contributed by atoms with Crippen molar-refractivity contribution in [3.63, 3.8) is 0 Å². The molecule has 0 aliphatic heterocycles. The van der Waals surface area contributed by atoms with Gasteiger partial charge in [-0.15, -0.1) is 0 Å². The van der Waals surface area contributed by atoms with Crippen molar-refractivity contribution in [1.29, 1.82) is 0 Å². The van der Waals surface area contributed by atoms with E-state index in [4.69, 9.17) is 9.47 Å². The predicted octanol–water partition coefficient (Wildman–Crippen LogP) is 9.33. The van der Waals surface area contributed by atoms with Gasteiger partial charge in [0.15, 0.2) is 5.41 Å². The van der Waals surface area contributed by atoms with E-state index < -0.39 is 17.4 Å². The third-order valence-electron chi connectivity index (χ3n) is 7.20. The van der Waals surface area contributed by atoms with E-state index in [1.165, 1.54) is 83.5 Å². The molecule has 4 nitrogen and oxygen atoms in total. The Balaban J connectivity index is 3.79. The number of unbranched alkanes of at least 4 members (excludes halogenated alkanes) is 17. The maximum absolute atomic E-state index is 12.7. The number of esters is 2. The fraction of sp³-hybridized carbons (Fsp3) is 0.933. The lowest BCUT2D eigenvalue weighted by molar-refractivity contribution is -0.173. The van der Waals surface area contributed by atoms with Crippen LogP contribution >= 0.6 is 0 Å². The summed E-state index contributed by atoms with van der Waals surface area (Å²) in [6, 6.07) is 0. The number of hydrogen-bond acceptors (Lipinski definition) is 4. The van der Waals surface area contributed by atoms with Crippen molar-refractivity contribution in [2.45, 2.75) is 163 Å². The van der Waals surface area contributed by atoms with E-state index in [0.29, 0.717) is 26.1 Å². The van der Waals surface area contributed by atoms with Crippen LogP contribution in [0.15, 0.2) is 0 Å². The highest BCUT2D eigenvalue weighted by Gasteiger charge is 2.45. The molecule has 0 saturated heterocycles. The zero-order valence-corrected chi connectivity index (χ0v) is 23.4. The van der Waals surface area contributed by atoms with Crippen molar-refractivity contribution in [3.05, 3.63) is 0 Å². The van der Waals surface area contributed by atoms with Gasteiger partial charge in [0.2, 0.25) is 0 Å². The summed E-state index contributed by atoms with van der Waals surface area (Å²) in [5.41, 5.74) is -1.14. The Bertz CT molecular complexity index is 470. The minimum atomic E-state index is -1.14. The molecule has 0 N–H and O–H groups in total. The standard InChI is InChI=1S/C30H58O4/c1-5-9-11-13-14-15-16-17-18-19-20-21-22-23-25-27-34-29(32)30(7-3,8-4)28(31)33-26-24-12-10-6-2/h5-27H2,1-4H3. The minimum absolute atomic E-state index is 0.396. The molecule has 4 heteroatoms. The highest BCUT2D eigenvalue weighted by Crippen LogP contribution is 2.30. The molecule has 0 aliphatic rings. The van der Waals surface area contributed by atoms with Gasteiger partial charge in [0.1, 0.15) is 0 Å². The van der Waals surface area contributed by atoms with Crippen LogP contribution in [0.5, 0.6) is 0 Å². The van der Waals surface area contributed by atoms with E-state index >= 15 is 0 Å². The molecule has 0 spiro atoms. The van der Waals surface area contributed by atoms with Gasteiger partial charge in [-0.1, -0.05) is 137 Å². The molecule has 0 aromatic carbocycles.